The largest absolute Gasteiger partial charge is 0.455 e. The molecule has 0 saturated heterocycles. The fraction of sp³-hybridized carbons (Fsp3) is 0.725. The second kappa shape index (κ2) is 10.8. The van der Waals surface area contributed by atoms with Crippen molar-refractivity contribution in [2.45, 2.75) is 126 Å². The van der Waals surface area contributed by atoms with Crippen molar-refractivity contribution in [1.82, 2.24) is 10.2 Å². The lowest BCUT2D eigenvalue weighted by Gasteiger charge is -2.71. The molecule has 46 heavy (non-hydrogen) atoms. The summed E-state index contributed by atoms with van der Waals surface area (Å²) in [6.45, 7) is 19.2. The van der Waals surface area contributed by atoms with E-state index in [1.807, 2.05) is 31.2 Å². The van der Waals surface area contributed by atoms with Gasteiger partial charge in [0.1, 0.15) is 0 Å². The van der Waals surface area contributed by atoms with Crippen molar-refractivity contribution in [1.29, 1.82) is 0 Å². The Bertz CT molecular complexity index is 1540. The normalized spacial score (nSPS) is 42.9. The molecule has 5 aliphatic rings. The number of aryl methyl sites for hydroxylation is 1. The Hall–Kier alpha value is -2.47. The Morgan fingerprint density at radius 2 is 1.76 bits per heavy atom. The number of ether oxygens (including phenoxy) is 1. The van der Waals surface area contributed by atoms with E-state index in [0.717, 1.165) is 56.1 Å². The Morgan fingerprint density at radius 3 is 2.52 bits per heavy atom. The van der Waals surface area contributed by atoms with Gasteiger partial charge in [-0.15, -0.1) is 10.2 Å². The highest BCUT2D eigenvalue weighted by Crippen LogP contribution is 2.75. The third kappa shape index (κ3) is 4.40. The van der Waals surface area contributed by atoms with Gasteiger partial charge in [0.2, 0.25) is 5.89 Å². The number of benzene rings is 1. The Balaban J connectivity index is 1.19. The molecule has 1 N–H and O–H groups in total. The molecule has 0 spiro atoms. The lowest BCUT2D eigenvalue weighted by molar-refractivity contribution is -0.207. The highest BCUT2D eigenvalue weighted by Gasteiger charge is 2.69. The van der Waals surface area contributed by atoms with Gasteiger partial charge in [-0.1, -0.05) is 77.8 Å². The van der Waals surface area contributed by atoms with E-state index in [4.69, 9.17) is 9.15 Å². The molecule has 0 amide bonds. The van der Waals surface area contributed by atoms with Gasteiger partial charge in [-0.25, -0.2) is 0 Å². The monoisotopic (exact) mass is 628 g/mol. The summed E-state index contributed by atoms with van der Waals surface area (Å²) in [4.78, 5) is 14.4. The lowest BCUT2D eigenvalue weighted by Crippen LogP contribution is -2.65. The van der Waals surface area contributed by atoms with Crippen LogP contribution in [0.15, 0.2) is 40.3 Å². The molecule has 6 nitrogen and oxygen atoms in total. The topological polar surface area (TPSA) is 85.5 Å². The van der Waals surface area contributed by atoms with Crippen LogP contribution in [0.1, 0.15) is 118 Å². The van der Waals surface area contributed by atoms with E-state index in [1.165, 1.54) is 12.8 Å². The average Bonchev–Trinajstić information content (AvgIpc) is 3.49. The maximum atomic E-state index is 14.4. The Kier molecular flexibility index (Phi) is 7.51. The molecule has 10 atom stereocenters. The summed E-state index contributed by atoms with van der Waals surface area (Å²) in [6, 6.07) is 7.99. The predicted octanol–water partition coefficient (Wildman–Crippen LogP) is 9.11. The van der Waals surface area contributed by atoms with Crippen molar-refractivity contribution in [3.05, 3.63) is 47.4 Å². The number of aromatic nitrogens is 2. The van der Waals surface area contributed by atoms with E-state index in [1.54, 1.807) is 5.57 Å². The van der Waals surface area contributed by atoms with Crippen LogP contribution in [0.2, 0.25) is 0 Å². The molecule has 6 heteroatoms. The Labute approximate surface area is 276 Å². The van der Waals surface area contributed by atoms with Crippen molar-refractivity contribution in [3.8, 4) is 11.5 Å². The zero-order chi connectivity index (χ0) is 32.9. The van der Waals surface area contributed by atoms with Crippen molar-refractivity contribution in [2.24, 2.45) is 56.7 Å². The molecule has 0 bridgehead atoms. The SMILES string of the molecule is Cc1cccc(-c2nnc(COC(=O)[C@]34CC[C@@H](C)[C@H](C)[C@H]3C3=CC[C@@H]5[C@@]6(C)CC[C@H](O)C(C)(C)[C@@H]6CC[C@@]5(C)[C@]3(C)CC4)o2)c1. The highest BCUT2D eigenvalue weighted by molar-refractivity contribution is 5.79. The summed E-state index contributed by atoms with van der Waals surface area (Å²) < 4.78 is 12.1. The van der Waals surface area contributed by atoms with Gasteiger partial charge in [0, 0.05) is 5.56 Å². The van der Waals surface area contributed by atoms with Gasteiger partial charge in [-0.3, -0.25) is 4.79 Å². The molecule has 1 aromatic heterocycles. The van der Waals surface area contributed by atoms with Gasteiger partial charge >= 0.3 is 5.97 Å². The van der Waals surface area contributed by atoms with Gasteiger partial charge in [-0.2, -0.15) is 0 Å². The van der Waals surface area contributed by atoms with Gasteiger partial charge in [0.15, 0.2) is 6.61 Å². The standard InChI is InChI=1S/C40H56N2O4/c1-24-10-9-11-27(22-24)34-42-41-32(46-34)23-45-35(44)40-19-14-25(2)26(3)33(40)28-12-13-30-37(6)17-16-31(43)36(4,5)29(37)15-18-39(30,8)38(28,7)20-21-40/h9-12,22,25-26,29-31,33,43H,13-21,23H2,1-8H3/t25-,26+,29+,30-,31+,33+,37+,38-,39-,40+/m1/s1. The molecule has 5 aliphatic carbocycles. The smallest absolute Gasteiger partial charge is 0.313 e. The van der Waals surface area contributed by atoms with Crippen molar-refractivity contribution in [3.63, 3.8) is 0 Å². The summed E-state index contributed by atoms with van der Waals surface area (Å²) in [6.07, 6.45) is 11.7. The first kappa shape index (κ1) is 32.1. The number of fused-ring (bicyclic) bond motifs is 7. The number of hydrogen-bond acceptors (Lipinski definition) is 6. The van der Waals surface area contributed by atoms with Crippen LogP contribution >= 0.6 is 0 Å². The molecule has 0 unspecified atom stereocenters. The van der Waals surface area contributed by atoms with Crippen LogP contribution in [-0.2, 0) is 16.1 Å². The number of rotatable bonds is 4. The molecule has 250 valence electrons. The summed E-state index contributed by atoms with van der Waals surface area (Å²) in [7, 11) is 0. The van der Waals surface area contributed by atoms with E-state index in [0.29, 0.717) is 35.5 Å². The lowest BCUT2D eigenvalue weighted by atomic mass is 9.33. The third-order valence-corrected chi connectivity index (χ3v) is 15.4. The number of carbonyl (C=O) groups is 1. The molecular weight excluding hydrogens is 572 g/mol. The molecule has 0 aliphatic heterocycles. The van der Waals surface area contributed by atoms with Crippen LogP contribution in [0.25, 0.3) is 11.5 Å². The minimum Gasteiger partial charge on any atom is -0.455 e. The fourth-order valence-electron chi connectivity index (χ4n) is 12.3. The summed E-state index contributed by atoms with van der Waals surface area (Å²) in [5, 5.41) is 19.5. The molecule has 1 aromatic carbocycles. The number of hydrogen-bond donors (Lipinski definition) is 1. The summed E-state index contributed by atoms with van der Waals surface area (Å²) >= 11 is 0. The van der Waals surface area contributed by atoms with E-state index in [2.05, 4.69) is 64.7 Å². The number of esters is 1. The van der Waals surface area contributed by atoms with Crippen LogP contribution < -0.4 is 0 Å². The first-order valence-corrected chi connectivity index (χ1v) is 18.1. The molecule has 4 fully saturated rings. The quantitative estimate of drug-likeness (QED) is 0.269. The zero-order valence-electron chi connectivity index (χ0n) is 29.5. The second-order valence-corrected chi connectivity index (χ2v) is 17.6. The molecular formula is C40H56N2O4. The maximum Gasteiger partial charge on any atom is 0.313 e. The first-order valence-electron chi connectivity index (χ1n) is 18.1. The van der Waals surface area contributed by atoms with Gasteiger partial charge in [0.05, 0.1) is 11.5 Å². The first-order chi connectivity index (χ1) is 21.7. The van der Waals surface area contributed by atoms with Gasteiger partial charge in [0.25, 0.3) is 5.89 Å². The predicted molar refractivity (Wildman–Crippen MR) is 179 cm³/mol. The summed E-state index contributed by atoms with van der Waals surface area (Å²) in [5.74, 6) is 2.96. The summed E-state index contributed by atoms with van der Waals surface area (Å²) in [5.41, 5.74) is 3.38. The number of aliphatic hydroxyl groups is 1. The number of allylic oxidation sites excluding steroid dienone is 2. The number of nitrogens with zero attached hydrogens (tertiary/aromatic N) is 2. The van der Waals surface area contributed by atoms with E-state index in [9.17, 15) is 9.90 Å². The molecule has 4 saturated carbocycles. The van der Waals surface area contributed by atoms with Crippen LogP contribution in [0.4, 0.5) is 0 Å². The van der Waals surface area contributed by atoms with Crippen LogP contribution in [0, 0.1) is 63.6 Å². The third-order valence-electron chi connectivity index (χ3n) is 15.4. The van der Waals surface area contributed by atoms with Gasteiger partial charge in [-0.05, 0) is 128 Å². The highest BCUT2D eigenvalue weighted by atomic mass is 16.5. The van der Waals surface area contributed by atoms with Crippen LogP contribution in [-0.4, -0.2) is 27.4 Å². The molecule has 0 radical (unpaired) electrons. The van der Waals surface area contributed by atoms with Gasteiger partial charge < -0.3 is 14.3 Å². The van der Waals surface area contributed by atoms with E-state index < -0.39 is 5.41 Å². The van der Waals surface area contributed by atoms with Crippen LogP contribution in [0.3, 0.4) is 0 Å². The Morgan fingerprint density at radius 1 is 0.978 bits per heavy atom. The number of carbonyl (C=O) groups excluding carboxylic acids is 1. The zero-order valence-corrected chi connectivity index (χ0v) is 29.5. The fourth-order valence-corrected chi connectivity index (χ4v) is 12.3. The van der Waals surface area contributed by atoms with Crippen molar-refractivity contribution < 1.29 is 19.1 Å². The van der Waals surface area contributed by atoms with Crippen LogP contribution in [0.5, 0.6) is 0 Å². The average molecular weight is 629 g/mol. The maximum absolute atomic E-state index is 14.4. The minimum atomic E-state index is -0.516. The van der Waals surface area contributed by atoms with E-state index in [-0.39, 0.29) is 46.3 Å². The second-order valence-electron chi connectivity index (χ2n) is 17.6. The van der Waals surface area contributed by atoms with Crippen molar-refractivity contribution >= 4 is 5.97 Å². The molecule has 1 heterocycles. The molecule has 2 aromatic rings. The number of aliphatic hydroxyl groups excluding tert-OH is 1. The van der Waals surface area contributed by atoms with Crippen molar-refractivity contribution in [2.75, 3.05) is 0 Å². The minimum absolute atomic E-state index is 0.00748. The van der Waals surface area contributed by atoms with E-state index >= 15 is 0 Å². The molecule has 7 rings (SSSR count).